The van der Waals surface area contributed by atoms with Crippen molar-refractivity contribution in [3.05, 3.63) is 54.1 Å². The van der Waals surface area contributed by atoms with Crippen molar-refractivity contribution in [2.24, 2.45) is 0 Å². The molecule has 0 bridgehead atoms. The third-order valence-corrected chi connectivity index (χ3v) is 2.11. The molecule has 0 aliphatic heterocycles. The SMILES string of the molecule is O=C(O)c1cc(Nc2ccc(F)cc2)ccn1. The molecule has 0 aliphatic rings. The topological polar surface area (TPSA) is 62.2 Å². The third-order valence-electron chi connectivity index (χ3n) is 2.11. The summed E-state index contributed by atoms with van der Waals surface area (Å²) in [5, 5.41) is 11.7. The zero-order valence-corrected chi connectivity index (χ0v) is 8.72. The van der Waals surface area contributed by atoms with Crippen LogP contribution in [0.25, 0.3) is 0 Å². The van der Waals surface area contributed by atoms with Gasteiger partial charge >= 0.3 is 5.97 Å². The average Bonchev–Trinajstić information content (AvgIpc) is 2.32. The van der Waals surface area contributed by atoms with Gasteiger partial charge in [0.15, 0.2) is 0 Å². The number of hydrogen-bond donors (Lipinski definition) is 2. The molecular formula is C12H9FN2O2. The maximum Gasteiger partial charge on any atom is 0.354 e. The number of carbonyl (C=O) groups is 1. The Labute approximate surface area is 96.7 Å². The molecule has 0 unspecified atom stereocenters. The van der Waals surface area contributed by atoms with E-state index in [1.54, 1.807) is 18.2 Å². The van der Waals surface area contributed by atoms with Crippen molar-refractivity contribution in [3.8, 4) is 0 Å². The van der Waals surface area contributed by atoms with E-state index in [0.717, 1.165) is 0 Å². The van der Waals surface area contributed by atoms with Crippen LogP contribution in [0.4, 0.5) is 15.8 Å². The molecule has 0 spiro atoms. The van der Waals surface area contributed by atoms with Gasteiger partial charge < -0.3 is 10.4 Å². The Hall–Kier alpha value is -2.43. The number of benzene rings is 1. The molecule has 0 amide bonds. The first-order valence-electron chi connectivity index (χ1n) is 4.87. The highest BCUT2D eigenvalue weighted by molar-refractivity contribution is 5.86. The predicted molar refractivity (Wildman–Crippen MR) is 60.9 cm³/mol. The molecule has 0 radical (unpaired) electrons. The second-order valence-corrected chi connectivity index (χ2v) is 3.37. The first-order valence-corrected chi connectivity index (χ1v) is 4.87. The highest BCUT2D eigenvalue weighted by Gasteiger charge is 2.04. The summed E-state index contributed by atoms with van der Waals surface area (Å²) >= 11 is 0. The lowest BCUT2D eigenvalue weighted by molar-refractivity contribution is 0.0690. The number of carboxylic acid groups (broad SMARTS) is 1. The standard InChI is InChI=1S/C12H9FN2O2/c13-8-1-3-9(4-2-8)15-10-5-6-14-11(7-10)12(16)17/h1-7H,(H,14,15)(H,16,17). The molecule has 2 aromatic rings. The van der Waals surface area contributed by atoms with Crippen molar-refractivity contribution in [3.63, 3.8) is 0 Å². The number of carboxylic acids is 1. The fraction of sp³-hybridized carbons (Fsp3) is 0. The minimum atomic E-state index is -1.09. The number of aromatic nitrogens is 1. The Kier molecular flexibility index (Phi) is 3.00. The Morgan fingerprint density at radius 3 is 2.53 bits per heavy atom. The molecule has 1 heterocycles. The van der Waals surface area contributed by atoms with Gasteiger partial charge in [0.1, 0.15) is 11.5 Å². The van der Waals surface area contributed by atoms with Crippen LogP contribution in [-0.2, 0) is 0 Å². The van der Waals surface area contributed by atoms with Gasteiger partial charge in [0.25, 0.3) is 0 Å². The number of hydrogen-bond acceptors (Lipinski definition) is 3. The molecule has 0 aliphatic carbocycles. The van der Waals surface area contributed by atoms with E-state index in [1.807, 2.05) is 0 Å². The van der Waals surface area contributed by atoms with E-state index in [9.17, 15) is 9.18 Å². The Morgan fingerprint density at radius 2 is 1.88 bits per heavy atom. The molecule has 1 aromatic heterocycles. The molecule has 2 rings (SSSR count). The molecule has 1 aromatic carbocycles. The Bertz CT molecular complexity index is 540. The quantitative estimate of drug-likeness (QED) is 0.853. The van der Waals surface area contributed by atoms with Gasteiger partial charge in [-0.25, -0.2) is 14.2 Å². The number of rotatable bonds is 3. The van der Waals surface area contributed by atoms with Gasteiger partial charge in [-0.2, -0.15) is 0 Å². The van der Waals surface area contributed by atoms with Crippen molar-refractivity contribution in [1.29, 1.82) is 0 Å². The number of aromatic carboxylic acids is 1. The van der Waals surface area contributed by atoms with E-state index < -0.39 is 5.97 Å². The minimum absolute atomic E-state index is 0.0443. The second-order valence-electron chi connectivity index (χ2n) is 3.37. The fourth-order valence-corrected chi connectivity index (χ4v) is 1.33. The summed E-state index contributed by atoms with van der Waals surface area (Å²) in [5.74, 6) is -1.41. The highest BCUT2D eigenvalue weighted by Crippen LogP contribution is 2.16. The van der Waals surface area contributed by atoms with E-state index in [1.165, 1.54) is 24.4 Å². The predicted octanol–water partition coefficient (Wildman–Crippen LogP) is 2.66. The van der Waals surface area contributed by atoms with Gasteiger partial charge in [0, 0.05) is 17.6 Å². The molecule has 0 atom stereocenters. The van der Waals surface area contributed by atoms with E-state index in [4.69, 9.17) is 5.11 Å². The summed E-state index contributed by atoms with van der Waals surface area (Å²) in [4.78, 5) is 14.4. The number of nitrogens with zero attached hydrogens (tertiary/aromatic N) is 1. The zero-order valence-electron chi connectivity index (χ0n) is 8.72. The summed E-state index contributed by atoms with van der Waals surface area (Å²) in [6, 6.07) is 8.82. The minimum Gasteiger partial charge on any atom is -0.477 e. The van der Waals surface area contributed by atoms with Gasteiger partial charge in [-0.15, -0.1) is 0 Å². The van der Waals surface area contributed by atoms with Gasteiger partial charge in [0.2, 0.25) is 0 Å². The van der Waals surface area contributed by atoms with Gasteiger partial charge in [-0.3, -0.25) is 0 Å². The van der Waals surface area contributed by atoms with Gasteiger partial charge in [0.05, 0.1) is 0 Å². The van der Waals surface area contributed by atoms with E-state index in [0.29, 0.717) is 11.4 Å². The van der Waals surface area contributed by atoms with Crippen molar-refractivity contribution in [2.75, 3.05) is 5.32 Å². The van der Waals surface area contributed by atoms with Gasteiger partial charge in [-0.05, 0) is 36.4 Å². The number of halogens is 1. The summed E-state index contributed by atoms with van der Waals surface area (Å²) in [5.41, 5.74) is 1.22. The summed E-state index contributed by atoms with van der Waals surface area (Å²) in [6.45, 7) is 0. The first-order chi connectivity index (χ1) is 8.15. The fourth-order valence-electron chi connectivity index (χ4n) is 1.33. The molecule has 4 nitrogen and oxygen atoms in total. The molecule has 86 valence electrons. The molecule has 0 saturated heterocycles. The Morgan fingerprint density at radius 1 is 1.18 bits per heavy atom. The lowest BCUT2D eigenvalue weighted by Gasteiger charge is -2.06. The van der Waals surface area contributed by atoms with Crippen LogP contribution >= 0.6 is 0 Å². The van der Waals surface area contributed by atoms with Crippen LogP contribution in [0.2, 0.25) is 0 Å². The summed E-state index contributed by atoms with van der Waals surface area (Å²) in [6.07, 6.45) is 1.40. The molecule has 5 heteroatoms. The lowest BCUT2D eigenvalue weighted by atomic mass is 10.2. The Balaban J connectivity index is 2.21. The second kappa shape index (κ2) is 4.61. The van der Waals surface area contributed by atoms with E-state index >= 15 is 0 Å². The van der Waals surface area contributed by atoms with Crippen LogP contribution in [0, 0.1) is 5.82 Å². The zero-order chi connectivity index (χ0) is 12.3. The lowest BCUT2D eigenvalue weighted by Crippen LogP contribution is -2.01. The number of anilines is 2. The van der Waals surface area contributed by atoms with Crippen LogP contribution in [0.5, 0.6) is 0 Å². The van der Waals surface area contributed by atoms with E-state index in [2.05, 4.69) is 10.3 Å². The highest BCUT2D eigenvalue weighted by atomic mass is 19.1. The third kappa shape index (κ3) is 2.78. The van der Waals surface area contributed by atoms with Crippen molar-refractivity contribution >= 4 is 17.3 Å². The molecule has 0 saturated carbocycles. The number of pyridine rings is 1. The largest absolute Gasteiger partial charge is 0.477 e. The normalized spacial score (nSPS) is 9.94. The van der Waals surface area contributed by atoms with Crippen LogP contribution < -0.4 is 5.32 Å². The number of nitrogens with one attached hydrogen (secondary N) is 1. The molecule has 2 N–H and O–H groups in total. The van der Waals surface area contributed by atoms with E-state index in [-0.39, 0.29) is 11.5 Å². The van der Waals surface area contributed by atoms with Crippen molar-refractivity contribution in [2.45, 2.75) is 0 Å². The molecule has 0 fully saturated rings. The van der Waals surface area contributed by atoms with Crippen LogP contribution in [0.15, 0.2) is 42.6 Å². The van der Waals surface area contributed by atoms with Crippen LogP contribution in [-0.4, -0.2) is 16.1 Å². The smallest absolute Gasteiger partial charge is 0.354 e. The van der Waals surface area contributed by atoms with Crippen molar-refractivity contribution < 1.29 is 14.3 Å². The van der Waals surface area contributed by atoms with Crippen molar-refractivity contribution in [1.82, 2.24) is 4.98 Å². The maximum absolute atomic E-state index is 12.7. The molecule has 17 heavy (non-hydrogen) atoms. The van der Waals surface area contributed by atoms with Crippen LogP contribution in [0.1, 0.15) is 10.5 Å². The maximum atomic E-state index is 12.7. The van der Waals surface area contributed by atoms with Crippen LogP contribution in [0.3, 0.4) is 0 Å². The average molecular weight is 232 g/mol. The molecular weight excluding hydrogens is 223 g/mol. The van der Waals surface area contributed by atoms with Gasteiger partial charge in [-0.1, -0.05) is 0 Å². The summed E-state index contributed by atoms with van der Waals surface area (Å²) < 4.78 is 12.7. The first kappa shape index (κ1) is 11.1. The monoisotopic (exact) mass is 232 g/mol. The summed E-state index contributed by atoms with van der Waals surface area (Å²) in [7, 11) is 0.